The number of nitriles is 1. The molecule has 0 aromatic heterocycles. The predicted octanol–water partition coefficient (Wildman–Crippen LogP) is 6.56. The molecule has 0 heterocycles. The van der Waals surface area contributed by atoms with Crippen molar-refractivity contribution in [3.05, 3.63) is 11.9 Å². The van der Waals surface area contributed by atoms with Gasteiger partial charge in [0.25, 0.3) is 0 Å². The van der Waals surface area contributed by atoms with E-state index in [0.717, 1.165) is 30.6 Å². The molecule has 0 aromatic rings. The van der Waals surface area contributed by atoms with Crippen LogP contribution >= 0.6 is 0 Å². The van der Waals surface area contributed by atoms with E-state index in [0.29, 0.717) is 5.92 Å². The van der Waals surface area contributed by atoms with E-state index in [2.05, 4.69) is 6.92 Å². The van der Waals surface area contributed by atoms with E-state index in [1.807, 2.05) is 0 Å². The number of allylic oxidation sites excluding steroid dienone is 2. The van der Waals surface area contributed by atoms with E-state index in [1.165, 1.54) is 64.2 Å². The number of nitrogens with zero attached hydrogens (tertiary/aromatic N) is 1. The van der Waals surface area contributed by atoms with Gasteiger partial charge in [0.15, 0.2) is 5.83 Å². The zero-order chi connectivity index (χ0) is 15.8. The Balaban J connectivity index is 1.61. The van der Waals surface area contributed by atoms with Gasteiger partial charge in [-0.15, -0.1) is 0 Å². The van der Waals surface area contributed by atoms with Crippen molar-refractivity contribution < 1.29 is 4.39 Å². The maximum absolute atomic E-state index is 13.0. The van der Waals surface area contributed by atoms with Gasteiger partial charge in [0.1, 0.15) is 6.07 Å². The number of hydrogen-bond donors (Lipinski definition) is 0. The number of rotatable bonds is 6. The van der Waals surface area contributed by atoms with Gasteiger partial charge in [-0.1, -0.05) is 58.3 Å². The third-order valence-corrected chi connectivity index (χ3v) is 6.03. The lowest BCUT2D eigenvalue weighted by Crippen LogP contribution is -2.17. The highest BCUT2D eigenvalue weighted by molar-refractivity contribution is 5.13. The van der Waals surface area contributed by atoms with Crippen LogP contribution in [0.3, 0.4) is 0 Å². The fraction of sp³-hybridized carbons (Fsp3) is 0.850. The van der Waals surface area contributed by atoms with Crippen LogP contribution in [0, 0.1) is 35.0 Å². The molecular formula is C20H32FN. The Kier molecular flexibility index (Phi) is 7.43. The lowest BCUT2D eigenvalue weighted by Gasteiger charge is -2.31. The number of hydrogen-bond acceptors (Lipinski definition) is 1. The van der Waals surface area contributed by atoms with E-state index in [9.17, 15) is 4.39 Å². The molecule has 2 aliphatic carbocycles. The highest BCUT2D eigenvalue weighted by Crippen LogP contribution is 2.37. The monoisotopic (exact) mass is 305 g/mol. The van der Waals surface area contributed by atoms with E-state index < -0.39 is 5.83 Å². The molecule has 0 amide bonds. The summed E-state index contributed by atoms with van der Waals surface area (Å²) in [6.45, 7) is 2.31. The molecule has 2 rings (SSSR count). The molecule has 0 N–H and O–H groups in total. The quantitative estimate of drug-likeness (QED) is 0.510. The fourth-order valence-electron chi connectivity index (χ4n) is 4.58. The summed E-state index contributed by atoms with van der Waals surface area (Å²) < 4.78 is 13.0. The minimum Gasteiger partial charge on any atom is -0.195 e. The van der Waals surface area contributed by atoms with Crippen molar-refractivity contribution >= 4 is 0 Å². The summed E-state index contributed by atoms with van der Waals surface area (Å²) in [6, 6.07) is 1.60. The van der Waals surface area contributed by atoms with Gasteiger partial charge >= 0.3 is 0 Å². The smallest absolute Gasteiger partial charge is 0.195 e. The minimum atomic E-state index is -0.590. The first-order valence-corrected chi connectivity index (χ1v) is 9.48. The normalized spacial score (nSPS) is 33.4. The van der Waals surface area contributed by atoms with E-state index in [4.69, 9.17) is 5.26 Å². The zero-order valence-electron chi connectivity index (χ0n) is 14.2. The van der Waals surface area contributed by atoms with Gasteiger partial charge in [-0.3, -0.25) is 0 Å². The Morgan fingerprint density at radius 2 is 1.36 bits per heavy atom. The van der Waals surface area contributed by atoms with Crippen molar-refractivity contribution in [1.82, 2.24) is 0 Å². The average Bonchev–Trinajstić information content (AvgIpc) is 2.56. The summed E-state index contributed by atoms with van der Waals surface area (Å²) in [6.07, 6.45) is 17.5. The summed E-state index contributed by atoms with van der Waals surface area (Å²) in [4.78, 5) is 0. The Hall–Kier alpha value is -0.840. The van der Waals surface area contributed by atoms with Crippen LogP contribution in [-0.2, 0) is 0 Å². The Labute approximate surface area is 136 Å². The van der Waals surface area contributed by atoms with E-state index in [-0.39, 0.29) is 0 Å². The van der Waals surface area contributed by atoms with Gasteiger partial charge < -0.3 is 0 Å². The van der Waals surface area contributed by atoms with E-state index in [1.54, 1.807) is 12.1 Å². The van der Waals surface area contributed by atoms with Crippen molar-refractivity contribution in [3.63, 3.8) is 0 Å². The first kappa shape index (κ1) is 17.5. The lowest BCUT2D eigenvalue weighted by molar-refractivity contribution is 0.221. The van der Waals surface area contributed by atoms with Crippen LogP contribution in [-0.4, -0.2) is 0 Å². The van der Waals surface area contributed by atoms with Gasteiger partial charge in [0.2, 0.25) is 0 Å². The lowest BCUT2D eigenvalue weighted by atomic mass is 9.75. The van der Waals surface area contributed by atoms with Crippen molar-refractivity contribution in [2.45, 2.75) is 84.0 Å². The maximum Gasteiger partial charge on any atom is 0.196 e. The topological polar surface area (TPSA) is 23.8 Å². The van der Waals surface area contributed by atoms with Crippen LogP contribution in [0.25, 0.3) is 0 Å². The second-order valence-electron chi connectivity index (χ2n) is 7.66. The largest absolute Gasteiger partial charge is 0.196 e. The van der Waals surface area contributed by atoms with Gasteiger partial charge in [0, 0.05) is 0 Å². The second kappa shape index (κ2) is 9.33. The molecule has 124 valence electrons. The van der Waals surface area contributed by atoms with Crippen molar-refractivity contribution in [3.8, 4) is 6.07 Å². The van der Waals surface area contributed by atoms with Crippen LogP contribution < -0.4 is 0 Å². The molecule has 0 radical (unpaired) electrons. The summed E-state index contributed by atoms with van der Waals surface area (Å²) in [7, 11) is 0. The Morgan fingerprint density at radius 1 is 0.909 bits per heavy atom. The molecule has 0 atom stereocenters. The van der Waals surface area contributed by atoms with E-state index >= 15 is 0 Å². The summed E-state index contributed by atoms with van der Waals surface area (Å²) in [5.74, 6) is 2.55. The Morgan fingerprint density at radius 3 is 1.82 bits per heavy atom. The van der Waals surface area contributed by atoms with Gasteiger partial charge in [0.05, 0.1) is 0 Å². The van der Waals surface area contributed by atoms with Gasteiger partial charge in [-0.25, -0.2) is 0 Å². The summed E-state index contributed by atoms with van der Waals surface area (Å²) >= 11 is 0. The van der Waals surface area contributed by atoms with Crippen LogP contribution in [0.15, 0.2) is 11.9 Å². The maximum atomic E-state index is 13.0. The molecule has 2 aliphatic rings. The van der Waals surface area contributed by atoms with Crippen molar-refractivity contribution in [2.24, 2.45) is 23.7 Å². The Bertz CT molecular complexity index is 379. The molecule has 22 heavy (non-hydrogen) atoms. The number of halogens is 1. The first-order valence-electron chi connectivity index (χ1n) is 9.48. The molecule has 2 saturated carbocycles. The summed E-state index contributed by atoms with van der Waals surface area (Å²) in [5.41, 5.74) is 0. The highest BCUT2D eigenvalue weighted by atomic mass is 19.1. The van der Waals surface area contributed by atoms with Gasteiger partial charge in [-0.2, -0.15) is 9.65 Å². The SMILES string of the molecule is CCC[C@H]1CC[C@H](CCC2CCC(C=C(F)C#N)CC2)CC1. The van der Waals surface area contributed by atoms with Gasteiger partial charge in [-0.05, 0) is 55.4 Å². The molecule has 0 saturated heterocycles. The van der Waals surface area contributed by atoms with Crippen LogP contribution in [0.1, 0.15) is 84.0 Å². The summed E-state index contributed by atoms with van der Waals surface area (Å²) in [5, 5.41) is 8.50. The zero-order valence-corrected chi connectivity index (χ0v) is 14.2. The van der Waals surface area contributed by atoms with Crippen LogP contribution in [0.2, 0.25) is 0 Å². The predicted molar refractivity (Wildman–Crippen MR) is 89.8 cm³/mol. The first-order chi connectivity index (χ1) is 10.7. The van der Waals surface area contributed by atoms with Crippen molar-refractivity contribution in [1.29, 1.82) is 5.26 Å². The van der Waals surface area contributed by atoms with Crippen molar-refractivity contribution in [2.75, 3.05) is 0 Å². The molecule has 0 unspecified atom stereocenters. The molecule has 0 spiro atoms. The molecular weight excluding hydrogens is 273 g/mol. The fourth-order valence-corrected chi connectivity index (χ4v) is 4.58. The molecule has 1 nitrogen and oxygen atoms in total. The van der Waals surface area contributed by atoms with Crippen LogP contribution in [0.5, 0.6) is 0 Å². The second-order valence-corrected chi connectivity index (χ2v) is 7.66. The molecule has 2 fully saturated rings. The molecule has 0 aromatic carbocycles. The third-order valence-electron chi connectivity index (χ3n) is 6.03. The molecule has 0 aliphatic heterocycles. The third kappa shape index (κ3) is 5.75. The highest BCUT2D eigenvalue weighted by Gasteiger charge is 2.24. The minimum absolute atomic E-state index is 0.306. The standard InChI is InChI=1S/C20H32FN/c1-2-3-16-4-6-17(7-5-16)8-9-18-10-12-19(13-11-18)14-20(21)15-22/h14,16-19H,2-13H2,1H3/t16-,17-,18?,19?. The molecule has 0 bridgehead atoms. The van der Waals surface area contributed by atoms with Crippen LogP contribution in [0.4, 0.5) is 4.39 Å². The molecule has 2 heteroatoms. The average molecular weight is 305 g/mol.